The number of para-hydroxylation sites is 1. The van der Waals surface area contributed by atoms with Gasteiger partial charge in [0.1, 0.15) is 6.54 Å². The monoisotopic (exact) mass is 514 g/mol. The van der Waals surface area contributed by atoms with Crippen LogP contribution in [0.15, 0.2) is 41.3 Å². The molecule has 0 radical (unpaired) electrons. The minimum absolute atomic E-state index is 0.0165. The molecule has 1 aliphatic heterocycles. The van der Waals surface area contributed by atoms with Crippen LogP contribution < -0.4 is 10.1 Å². The van der Waals surface area contributed by atoms with Gasteiger partial charge in [0.05, 0.1) is 25.7 Å². The zero-order valence-electron chi connectivity index (χ0n) is 15.9. The van der Waals surface area contributed by atoms with Gasteiger partial charge in [0.2, 0.25) is 5.91 Å². The molecule has 0 aliphatic carbocycles. The van der Waals surface area contributed by atoms with E-state index in [-0.39, 0.29) is 20.7 Å². The van der Waals surface area contributed by atoms with Crippen LogP contribution in [0.1, 0.15) is 5.56 Å². The van der Waals surface area contributed by atoms with Crippen molar-refractivity contribution in [2.24, 2.45) is 0 Å². The lowest BCUT2D eigenvalue weighted by molar-refractivity contribution is -0.139. The molecule has 166 valence electrons. The number of halogens is 3. The van der Waals surface area contributed by atoms with Gasteiger partial charge in [0.25, 0.3) is 11.1 Å². The molecule has 32 heavy (non-hydrogen) atoms. The molecule has 1 saturated heterocycles. The van der Waals surface area contributed by atoms with E-state index in [1.54, 1.807) is 24.3 Å². The van der Waals surface area contributed by atoms with Crippen molar-refractivity contribution in [3.05, 3.63) is 61.9 Å². The largest absolute Gasteiger partial charge is 0.479 e. The normalized spacial score (nSPS) is 14.7. The number of carbonyl (C=O) groups excluding carboxylic acids is 3. The number of hydrogen-bond donors (Lipinski definition) is 2. The van der Waals surface area contributed by atoms with Crippen LogP contribution >= 0.6 is 46.6 Å². The predicted molar refractivity (Wildman–Crippen MR) is 122 cm³/mol. The first kappa shape index (κ1) is 23.9. The molecule has 3 rings (SSSR count). The summed E-state index contributed by atoms with van der Waals surface area (Å²) >= 11 is 18.8. The summed E-state index contributed by atoms with van der Waals surface area (Å²) in [6.07, 6.45) is 1.38. The van der Waals surface area contributed by atoms with E-state index in [0.717, 1.165) is 4.90 Å². The van der Waals surface area contributed by atoms with E-state index in [1.165, 1.54) is 18.2 Å². The molecule has 1 aliphatic rings. The summed E-state index contributed by atoms with van der Waals surface area (Å²) in [6, 6.07) is 9.37. The standard InChI is InChI=1S/C20H13Cl3N2O6S/c21-11-3-1-2-4-14(11)24-16(26)8-25-19(29)15(32-20(25)30)7-10-5-12(22)18(13(23)6-10)31-9-17(27)28/h1-7H,8-9H2,(H,24,26)(H,27,28)/b15-7+. The van der Waals surface area contributed by atoms with E-state index < -0.39 is 36.2 Å². The molecule has 8 nitrogen and oxygen atoms in total. The quantitative estimate of drug-likeness (QED) is 0.510. The van der Waals surface area contributed by atoms with Crippen molar-refractivity contribution in [2.45, 2.75) is 0 Å². The summed E-state index contributed by atoms with van der Waals surface area (Å²) in [5.74, 6) is -2.47. The minimum atomic E-state index is -1.20. The van der Waals surface area contributed by atoms with Crippen molar-refractivity contribution in [3.8, 4) is 5.75 Å². The van der Waals surface area contributed by atoms with Gasteiger partial charge < -0.3 is 15.2 Å². The number of benzene rings is 2. The number of anilines is 1. The van der Waals surface area contributed by atoms with Gasteiger partial charge >= 0.3 is 5.97 Å². The molecule has 2 N–H and O–H groups in total. The number of carboxylic acids is 1. The van der Waals surface area contributed by atoms with Crippen molar-refractivity contribution in [1.82, 2.24) is 4.90 Å². The van der Waals surface area contributed by atoms with E-state index >= 15 is 0 Å². The van der Waals surface area contributed by atoms with Crippen molar-refractivity contribution in [3.63, 3.8) is 0 Å². The molecular weight excluding hydrogens is 503 g/mol. The maximum absolute atomic E-state index is 12.6. The molecule has 3 amide bonds. The highest BCUT2D eigenvalue weighted by Crippen LogP contribution is 2.37. The maximum atomic E-state index is 12.6. The van der Waals surface area contributed by atoms with Crippen LogP contribution in [0.5, 0.6) is 5.75 Å². The molecule has 0 aromatic heterocycles. The number of ether oxygens (including phenoxy) is 1. The molecule has 1 heterocycles. The SMILES string of the molecule is O=C(O)COc1c(Cl)cc(/C=C2/SC(=O)N(CC(=O)Nc3ccccc3Cl)C2=O)cc1Cl. The maximum Gasteiger partial charge on any atom is 0.341 e. The molecule has 2 aromatic carbocycles. The Kier molecular flexibility index (Phi) is 7.68. The molecule has 0 spiro atoms. The first-order chi connectivity index (χ1) is 15.2. The number of amides is 3. The van der Waals surface area contributed by atoms with Gasteiger partial charge in [-0.3, -0.25) is 19.3 Å². The molecule has 0 atom stereocenters. The average Bonchev–Trinajstić information content (AvgIpc) is 2.96. The first-order valence-electron chi connectivity index (χ1n) is 8.79. The number of carboxylic acid groups (broad SMARTS) is 1. The minimum Gasteiger partial charge on any atom is -0.479 e. The average molecular weight is 516 g/mol. The van der Waals surface area contributed by atoms with Gasteiger partial charge in [-0.1, -0.05) is 46.9 Å². The third-order valence-electron chi connectivity index (χ3n) is 3.98. The van der Waals surface area contributed by atoms with Gasteiger partial charge in [0.15, 0.2) is 12.4 Å². The van der Waals surface area contributed by atoms with Crippen molar-refractivity contribution in [1.29, 1.82) is 0 Å². The Labute approximate surface area is 201 Å². The number of nitrogens with one attached hydrogen (secondary N) is 1. The van der Waals surface area contributed by atoms with Crippen LogP contribution in [0.25, 0.3) is 6.08 Å². The van der Waals surface area contributed by atoms with Crippen LogP contribution in [0.4, 0.5) is 10.5 Å². The highest BCUT2D eigenvalue weighted by Gasteiger charge is 2.36. The smallest absolute Gasteiger partial charge is 0.341 e. The molecule has 2 aromatic rings. The fourth-order valence-electron chi connectivity index (χ4n) is 2.62. The summed E-state index contributed by atoms with van der Waals surface area (Å²) in [5.41, 5.74) is 0.741. The second kappa shape index (κ2) is 10.3. The van der Waals surface area contributed by atoms with E-state index in [4.69, 9.17) is 44.6 Å². The fourth-order valence-corrected chi connectivity index (χ4v) is 4.25. The van der Waals surface area contributed by atoms with Crippen LogP contribution in [0.3, 0.4) is 0 Å². The molecular formula is C20H13Cl3N2O6S. The first-order valence-corrected chi connectivity index (χ1v) is 10.7. The summed E-state index contributed by atoms with van der Waals surface area (Å²) in [5, 5.41) is 11.0. The number of carbonyl (C=O) groups is 4. The lowest BCUT2D eigenvalue weighted by atomic mass is 10.2. The Morgan fingerprint density at radius 2 is 1.75 bits per heavy atom. The highest BCUT2D eigenvalue weighted by molar-refractivity contribution is 8.18. The van der Waals surface area contributed by atoms with Crippen LogP contribution in [0, 0.1) is 0 Å². The Morgan fingerprint density at radius 3 is 2.38 bits per heavy atom. The summed E-state index contributed by atoms with van der Waals surface area (Å²) in [6.45, 7) is -1.12. The lowest BCUT2D eigenvalue weighted by Crippen LogP contribution is -2.36. The summed E-state index contributed by atoms with van der Waals surface area (Å²) in [4.78, 5) is 48.7. The molecule has 0 unspecified atom stereocenters. The van der Waals surface area contributed by atoms with Crippen molar-refractivity contribution in [2.75, 3.05) is 18.5 Å². The Morgan fingerprint density at radius 1 is 1.09 bits per heavy atom. The molecule has 0 bridgehead atoms. The predicted octanol–water partition coefficient (Wildman–Crippen LogP) is 4.79. The van der Waals surface area contributed by atoms with E-state index in [1.807, 2.05) is 0 Å². The Bertz CT molecular complexity index is 1130. The second-order valence-electron chi connectivity index (χ2n) is 6.29. The number of thioether (sulfide) groups is 1. The topological polar surface area (TPSA) is 113 Å². The third-order valence-corrected chi connectivity index (χ3v) is 5.78. The number of imide groups is 1. The van der Waals surface area contributed by atoms with Gasteiger partial charge in [-0.15, -0.1) is 0 Å². The zero-order valence-corrected chi connectivity index (χ0v) is 19.0. The highest BCUT2D eigenvalue weighted by atomic mass is 35.5. The van der Waals surface area contributed by atoms with Crippen molar-refractivity contribution >= 4 is 81.4 Å². The molecule has 12 heteroatoms. The van der Waals surface area contributed by atoms with E-state index in [0.29, 0.717) is 28.0 Å². The number of rotatable bonds is 7. The molecule has 1 fully saturated rings. The Balaban J connectivity index is 1.73. The lowest BCUT2D eigenvalue weighted by Gasteiger charge is -2.13. The van der Waals surface area contributed by atoms with Gasteiger partial charge in [-0.25, -0.2) is 4.79 Å². The van der Waals surface area contributed by atoms with E-state index in [2.05, 4.69) is 5.32 Å². The van der Waals surface area contributed by atoms with Crippen molar-refractivity contribution < 1.29 is 29.0 Å². The van der Waals surface area contributed by atoms with E-state index in [9.17, 15) is 19.2 Å². The van der Waals surface area contributed by atoms with Crippen LogP contribution in [-0.4, -0.2) is 46.2 Å². The van der Waals surface area contributed by atoms with Crippen LogP contribution in [0.2, 0.25) is 15.1 Å². The third kappa shape index (κ3) is 5.74. The number of aliphatic carboxylic acids is 1. The Hall–Kier alpha value is -2.72. The fraction of sp³-hybridized carbons (Fsp3) is 0.100. The number of hydrogen-bond acceptors (Lipinski definition) is 6. The summed E-state index contributed by atoms with van der Waals surface area (Å²) < 4.78 is 5.04. The number of nitrogens with zero attached hydrogens (tertiary/aromatic N) is 1. The van der Waals surface area contributed by atoms with Gasteiger partial charge in [-0.05, 0) is 47.7 Å². The summed E-state index contributed by atoms with van der Waals surface area (Å²) in [7, 11) is 0. The second-order valence-corrected chi connectivity index (χ2v) is 8.51. The van der Waals surface area contributed by atoms with Crippen LogP contribution in [-0.2, 0) is 14.4 Å². The van der Waals surface area contributed by atoms with Gasteiger partial charge in [-0.2, -0.15) is 0 Å². The van der Waals surface area contributed by atoms with Gasteiger partial charge in [0, 0.05) is 0 Å². The molecule has 0 saturated carbocycles. The zero-order chi connectivity index (χ0) is 23.4.